The number of halogens is 1. The summed E-state index contributed by atoms with van der Waals surface area (Å²) in [5.74, 6) is -0.297. The molecule has 2 N–H and O–H groups in total. The fourth-order valence-electron chi connectivity index (χ4n) is 2.94. The SMILES string of the molecule is Cc1ccc([C@H](NCC(=O)Nc2ccc([N+](=O)[O-])cc2Cl)c2ccccc2)cc1. The first-order chi connectivity index (χ1) is 13.9. The van der Waals surface area contributed by atoms with Crippen molar-refractivity contribution in [1.29, 1.82) is 0 Å². The van der Waals surface area contributed by atoms with E-state index in [0.29, 0.717) is 5.69 Å². The van der Waals surface area contributed by atoms with Crippen LogP contribution in [-0.4, -0.2) is 17.4 Å². The van der Waals surface area contributed by atoms with Crippen LogP contribution in [0.5, 0.6) is 0 Å². The predicted molar refractivity (Wildman–Crippen MR) is 114 cm³/mol. The van der Waals surface area contributed by atoms with E-state index in [0.717, 1.165) is 16.7 Å². The Morgan fingerprint density at radius 1 is 1.03 bits per heavy atom. The van der Waals surface area contributed by atoms with Crippen LogP contribution >= 0.6 is 11.6 Å². The second kappa shape index (κ2) is 9.32. The molecule has 0 radical (unpaired) electrons. The van der Waals surface area contributed by atoms with E-state index >= 15 is 0 Å². The van der Waals surface area contributed by atoms with Gasteiger partial charge in [0.15, 0.2) is 0 Å². The zero-order valence-electron chi connectivity index (χ0n) is 15.8. The number of amides is 1. The van der Waals surface area contributed by atoms with Gasteiger partial charge in [-0.2, -0.15) is 0 Å². The van der Waals surface area contributed by atoms with Crippen molar-refractivity contribution in [3.8, 4) is 0 Å². The van der Waals surface area contributed by atoms with Crippen molar-refractivity contribution in [1.82, 2.24) is 5.32 Å². The summed E-state index contributed by atoms with van der Waals surface area (Å²) < 4.78 is 0. The number of hydrogen-bond acceptors (Lipinski definition) is 4. The van der Waals surface area contributed by atoms with Crippen molar-refractivity contribution in [2.75, 3.05) is 11.9 Å². The summed E-state index contributed by atoms with van der Waals surface area (Å²) in [5, 5.41) is 16.9. The Morgan fingerprint density at radius 3 is 2.31 bits per heavy atom. The van der Waals surface area contributed by atoms with Crippen LogP contribution in [0.1, 0.15) is 22.7 Å². The van der Waals surface area contributed by atoms with Crippen LogP contribution < -0.4 is 10.6 Å². The monoisotopic (exact) mass is 409 g/mol. The molecule has 0 saturated carbocycles. The fraction of sp³-hybridized carbons (Fsp3) is 0.136. The fourth-order valence-corrected chi connectivity index (χ4v) is 3.16. The molecule has 1 atom stereocenters. The Morgan fingerprint density at radius 2 is 1.69 bits per heavy atom. The number of hydrogen-bond donors (Lipinski definition) is 2. The minimum Gasteiger partial charge on any atom is -0.324 e. The van der Waals surface area contributed by atoms with Gasteiger partial charge in [-0.05, 0) is 24.1 Å². The summed E-state index contributed by atoms with van der Waals surface area (Å²) in [6.45, 7) is 2.07. The number of aryl methyl sites for hydroxylation is 1. The van der Waals surface area contributed by atoms with Crippen LogP contribution in [0.25, 0.3) is 0 Å². The van der Waals surface area contributed by atoms with E-state index in [9.17, 15) is 14.9 Å². The highest BCUT2D eigenvalue weighted by Crippen LogP contribution is 2.27. The van der Waals surface area contributed by atoms with Gasteiger partial charge in [-0.25, -0.2) is 0 Å². The van der Waals surface area contributed by atoms with Gasteiger partial charge in [-0.3, -0.25) is 20.2 Å². The van der Waals surface area contributed by atoms with E-state index in [1.165, 1.54) is 18.2 Å². The molecule has 0 heterocycles. The average molecular weight is 410 g/mol. The molecule has 6 nitrogen and oxygen atoms in total. The molecule has 0 bridgehead atoms. The third kappa shape index (κ3) is 5.40. The maximum atomic E-state index is 12.4. The molecule has 0 unspecified atom stereocenters. The maximum absolute atomic E-state index is 12.4. The molecule has 0 aliphatic carbocycles. The van der Waals surface area contributed by atoms with Crippen LogP contribution in [-0.2, 0) is 4.79 Å². The Bertz CT molecular complexity index is 1010. The lowest BCUT2D eigenvalue weighted by Crippen LogP contribution is -2.32. The average Bonchev–Trinajstić information content (AvgIpc) is 2.71. The minimum atomic E-state index is -0.537. The lowest BCUT2D eigenvalue weighted by molar-refractivity contribution is -0.384. The van der Waals surface area contributed by atoms with Gasteiger partial charge in [0.25, 0.3) is 5.69 Å². The van der Waals surface area contributed by atoms with Crippen LogP contribution in [0.15, 0.2) is 72.8 Å². The first-order valence-electron chi connectivity index (χ1n) is 9.03. The highest BCUT2D eigenvalue weighted by molar-refractivity contribution is 6.34. The predicted octanol–water partition coefficient (Wildman–Crippen LogP) is 4.87. The Kier molecular flexibility index (Phi) is 6.59. The first kappa shape index (κ1) is 20.5. The highest BCUT2D eigenvalue weighted by atomic mass is 35.5. The van der Waals surface area contributed by atoms with Gasteiger partial charge >= 0.3 is 0 Å². The second-order valence-corrected chi connectivity index (χ2v) is 7.01. The number of nitro benzene ring substituents is 1. The van der Waals surface area contributed by atoms with Gasteiger partial charge in [0.1, 0.15) is 0 Å². The number of nitrogens with one attached hydrogen (secondary N) is 2. The minimum absolute atomic E-state index is 0.0424. The third-order valence-corrected chi connectivity index (χ3v) is 4.76. The summed E-state index contributed by atoms with van der Waals surface area (Å²) in [4.78, 5) is 22.7. The summed E-state index contributed by atoms with van der Waals surface area (Å²) >= 11 is 6.05. The van der Waals surface area contributed by atoms with Gasteiger partial charge in [0.05, 0.1) is 28.2 Å². The third-order valence-electron chi connectivity index (χ3n) is 4.45. The number of rotatable bonds is 7. The van der Waals surface area contributed by atoms with Crippen molar-refractivity contribution in [3.63, 3.8) is 0 Å². The van der Waals surface area contributed by atoms with Gasteiger partial charge < -0.3 is 5.32 Å². The largest absolute Gasteiger partial charge is 0.324 e. The number of carbonyl (C=O) groups is 1. The van der Waals surface area contributed by atoms with E-state index < -0.39 is 4.92 Å². The Hall–Kier alpha value is -3.22. The summed E-state index contributed by atoms with van der Waals surface area (Å²) in [7, 11) is 0. The molecule has 3 aromatic rings. The van der Waals surface area contributed by atoms with Crippen LogP contribution in [0.2, 0.25) is 5.02 Å². The van der Waals surface area contributed by atoms with Crippen molar-refractivity contribution in [2.45, 2.75) is 13.0 Å². The van der Waals surface area contributed by atoms with E-state index in [2.05, 4.69) is 10.6 Å². The van der Waals surface area contributed by atoms with Crippen molar-refractivity contribution in [2.24, 2.45) is 0 Å². The molecule has 0 aromatic heterocycles. The quantitative estimate of drug-likeness (QED) is 0.430. The van der Waals surface area contributed by atoms with E-state index in [-0.39, 0.29) is 29.2 Å². The molecule has 1 amide bonds. The maximum Gasteiger partial charge on any atom is 0.271 e. The van der Waals surface area contributed by atoms with Crippen LogP contribution in [0, 0.1) is 17.0 Å². The molecule has 3 rings (SSSR count). The molecule has 3 aromatic carbocycles. The molecule has 0 aliphatic heterocycles. The number of non-ortho nitro benzene ring substituents is 1. The topological polar surface area (TPSA) is 84.3 Å². The molecule has 148 valence electrons. The highest BCUT2D eigenvalue weighted by Gasteiger charge is 2.16. The van der Waals surface area contributed by atoms with Crippen molar-refractivity contribution in [3.05, 3.63) is 105 Å². The number of benzene rings is 3. The molecule has 0 saturated heterocycles. The van der Waals surface area contributed by atoms with Gasteiger partial charge in [-0.15, -0.1) is 0 Å². The van der Waals surface area contributed by atoms with Crippen molar-refractivity contribution >= 4 is 28.9 Å². The zero-order valence-corrected chi connectivity index (χ0v) is 16.5. The Balaban J connectivity index is 1.71. The van der Waals surface area contributed by atoms with E-state index in [1.54, 1.807) is 0 Å². The molecule has 0 aliphatic rings. The number of nitrogens with zero attached hydrogens (tertiary/aromatic N) is 1. The van der Waals surface area contributed by atoms with Crippen LogP contribution in [0.4, 0.5) is 11.4 Å². The summed E-state index contributed by atoms with van der Waals surface area (Å²) in [6.07, 6.45) is 0. The smallest absolute Gasteiger partial charge is 0.271 e. The molecular formula is C22H20ClN3O3. The number of carbonyl (C=O) groups excluding carboxylic acids is 1. The lowest BCUT2D eigenvalue weighted by Gasteiger charge is -2.20. The normalized spacial score (nSPS) is 11.7. The first-order valence-corrected chi connectivity index (χ1v) is 9.40. The van der Waals surface area contributed by atoms with E-state index in [1.807, 2.05) is 61.5 Å². The number of anilines is 1. The number of nitro groups is 1. The molecule has 7 heteroatoms. The molecule has 0 fully saturated rings. The molecule has 29 heavy (non-hydrogen) atoms. The Labute approximate surface area is 173 Å². The van der Waals surface area contributed by atoms with E-state index in [4.69, 9.17) is 11.6 Å². The van der Waals surface area contributed by atoms with Crippen LogP contribution in [0.3, 0.4) is 0 Å². The second-order valence-electron chi connectivity index (χ2n) is 6.60. The van der Waals surface area contributed by atoms with Gasteiger partial charge in [0, 0.05) is 12.1 Å². The van der Waals surface area contributed by atoms with Gasteiger partial charge in [0.2, 0.25) is 5.91 Å². The van der Waals surface area contributed by atoms with Gasteiger partial charge in [-0.1, -0.05) is 71.8 Å². The molecule has 0 spiro atoms. The summed E-state index contributed by atoms with van der Waals surface area (Å²) in [6, 6.07) is 21.8. The lowest BCUT2D eigenvalue weighted by atomic mass is 9.98. The standard InChI is InChI=1S/C22H20ClN3O3/c1-15-7-9-17(10-8-15)22(16-5-3-2-4-6-16)24-14-21(27)25-20-12-11-18(26(28)29)13-19(20)23/h2-13,22,24H,14H2,1H3,(H,25,27)/t22-/m1/s1. The molecular weight excluding hydrogens is 390 g/mol. The van der Waals surface area contributed by atoms with Crippen molar-refractivity contribution < 1.29 is 9.72 Å². The summed E-state index contributed by atoms with van der Waals surface area (Å²) in [5.41, 5.74) is 3.44. The zero-order chi connectivity index (χ0) is 20.8.